The van der Waals surface area contributed by atoms with Crippen molar-refractivity contribution in [3.05, 3.63) is 42.1 Å². The molecule has 2 aliphatic rings. The predicted octanol–water partition coefficient (Wildman–Crippen LogP) is 2.56. The maximum atomic E-state index is 4.43. The first kappa shape index (κ1) is 12.3. The molecule has 104 valence electrons. The van der Waals surface area contributed by atoms with Crippen molar-refractivity contribution in [2.75, 3.05) is 13.1 Å². The van der Waals surface area contributed by atoms with Gasteiger partial charge in [-0.1, -0.05) is 18.2 Å². The summed E-state index contributed by atoms with van der Waals surface area (Å²) in [7, 11) is 0. The van der Waals surface area contributed by atoms with Crippen LogP contribution >= 0.6 is 0 Å². The van der Waals surface area contributed by atoms with Gasteiger partial charge in [-0.2, -0.15) is 0 Å². The number of nitrogens with zero attached hydrogens (tertiary/aromatic N) is 2. The Bertz CT molecular complexity index is 601. The van der Waals surface area contributed by atoms with Crippen LogP contribution in [0.3, 0.4) is 0 Å². The standard InChI is InChI=1S/C17H21N3/c1-2-4-17-16(3-1)13(7-9-18-17)11-19-14-8-10-20(12-14)15-5-6-15/h1-4,7,9,14-15,19H,5-6,8,10-12H2. The second kappa shape index (κ2) is 5.15. The molecule has 2 heterocycles. The van der Waals surface area contributed by atoms with Crippen molar-refractivity contribution in [1.82, 2.24) is 15.2 Å². The molecule has 0 spiro atoms. The molecular weight excluding hydrogens is 246 g/mol. The van der Waals surface area contributed by atoms with Crippen LogP contribution in [0.1, 0.15) is 24.8 Å². The number of hydrogen-bond donors (Lipinski definition) is 1. The molecule has 2 fully saturated rings. The quantitative estimate of drug-likeness (QED) is 0.923. The third-order valence-electron chi connectivity index (χ3n) is 4.60. The van der Waals surface area contributed by atoms with Gasteiger partial charge >= 0.3 is 0 Å². The monoisotopic (exact) mass is 267 g/mol. The lowest BCUT2D eigenvalue weighted by Gasteiger charge is -2.16. The second-order valence-electron chi connectivity index (χ2n) is 6.08. The lowest BCUT2D eigenvalue weighted by atomic mass is 10.1. The number of hydrogen-bond acceptors (Lipinski definition) is 3. The summed E-state index contributed by atoms with van der Waals surface area (Å²) < 4.78 is 0. The molecule has 1 aromatic carbocycles. The summed E-state index contributed by atoms with van der Waals surface area (Å²) in [4.78, 5) is 7.08. The third kappa shape index (κ3) is 2.43. The van der Waals surface area contributed by atoms with Crippen LogP contribution < -0.4 is 5.32 Å². The van der Waals surface area contributed by atoms with E-state index in [4.69, 9.17) is 0 Å². The molecule has 0 amide bonds. The SMILES string of the molecule is c1ccc2c(CNC3CCN(C4CC4)C3)ccnc2c1. The molecule has 3 nitrogen and oxygen atoms in total. The number of likely N-dealkylation sites (tertiary alicyclic amines) is 1. The first-order valence-electron chi connectivity index (χ1n) is 7.70. The van der Waals surface area contributed by atoms with Gasteiger partial charge in [-0.25, -0.2) is 0 Å². The number of fused-ring (bicyclic) bond motifs is 1. The average molecular weight is 267 g/mol. The van der Waals surface area contributed by atoms with Crippen LogP contribution in [0, 0.1) is 0 Å². The van der Waals surface area contributed by atoms with E-state index in [9.17, 15) is 0 Å². The highest BCUT2D eigenvalue weighted by Gasteiger charge is 2.34. The fraction of sp³-hybridized carbons (Fsp3) is 0.471. The van der Waals surface area contributed by atoms with E-state index >= 15 is 0 Å². The van der Waals surface area contributed by atoms with Gasteiger partial charge in [-0.3, -0.25) is 9.88 Å². The molecule has 1 saturated heterocycles. The lowest BCUT2D eigenvalue weighted by molar-refractivity contribution is 0.317. The molecule has 1 N–H and O–H groups in total. The van der Waals surface area contributed by atoms with Crippen molar-refractivity contribution in [2.24, 2.45) is 0 Å². The van der Waals surface area contributed by atoms with Crippen LogP contribution in [0.2, 0.25) is 0 Å². The molecule has 1 aliphatic carbocycles. The molecule has 1 atom stereocenters. The van der Waals surface area contributed by atoms with E-state index in [1.54, 1.807) is 0 Å². The summed E-state index contributed by atoms with van der Waals surface area (Å²) in [6, 6.07) is 12.1. The fourth-order valence-corrected chi connectivity index (χ4v) is 3.29. The fourth-order valence-electron chi connectivity index (χ4n) is 3.29. The van der Waals surface area contributed by atoms with Gasteiger partial charge in [0.15, 0.2) is 0 Å². The molecule has 1 aromatic heterocycles. The van der Waals surface area contributed by atoms with Gasteiger partial charge in [-0.05, 0) is 37.0 Å². The van der Waals surface area contributed by atoms with Crippen molar-refractivity contribution in [3.8, 4) is 0 Å². The van der Waals surface area contributed by atoms with Gasteiger partial charge in [-0.15, -0.1) is 0 Å². The van der Waals surface area contributed by atoms with E-state index in [0.29, 0.717) is 6.04 Å². The predicted molar refractivity (Wildman–Crippen MR) is 81.6 cm³/mol. The molecule has 20 heavy (non-hydrogen) atoms. The third-order valence-corrected chi connectivity index (χ3v) is 4.60. The molecule has 3 heteroatoms. The van der Waals surface area contributed by atoms with Crippen LogP contribution in [0.25, 0.3) is 10.9 Å². The van der Waals surface area contributed by atoms with Crippen LogP contribution in [0.4, 0.5) is 0 Å². The summed E-state index contributed by atoms with van der Waals surface area (Å²) >= 11 is 0. The molecule has 0 radical (unpaired) electrons. The molecule has 1 unspecified atom stereocenters. The van der Waals surface area contributed by atoms with Crippen molar-refractivity contribution in [1.29, 1.82) is 0 Å². The highest BCUT2D eigenvalue weighted by molar-refractivity contribution is 5.81. The maximum Gasteiger partial charge on any atom is 0.0705 e. The Hall–Kier alpha value is -1.45. The van der Waals surface area contributed by atoms with Gasteiger partial charge in [0.05, 0.1) is 5.52 Å². The number of benzene rings is 1. The Morgan fingerprint density at radius 3 is 2.95 bits per heavy atom. The van der Waals surface area contributed by atoms with E-state index in [1.807, 2.05) is 6.20 Å². The first-order valence-corrected chi connectivity index (χ1v) is 7.70. The summed E-state index contributed by atoms with van der Waals surface area (Å²) in [5.74, 6) is 0. The maximum absolute atomic E-state index is 4.43. The van der Waals surface area contributed by atoms with Crippen LogP contribution in [0.15, 0.2) is 36.5 Å². The van der Waals surface area contributed by atoms with Gasteiger partial charge in [0, 0.05) is 43.3 Å². The molecule has 1 saturated carbocycles. The summed E-state index contributed by atoms with van der Waals surface area (Å²) in [6.07, 6.45) is 6.05. The zero-order chi connectivity index (χ0) is 13.4. The Balaban J connectivity index is 1.43. The summed E-state index contributed by atoms with van der Waals surface area (Å²) in [6.45, 7) is 3.46. The Morgan fingerprint density at radius 2 is 2.05 bits per heavy atom. The molecule has 1 aliphatic heterocycles. The molecular formula is C17H21N3. The van der Waals surface area contributed by atoms with Crippen molar-refractivity contribution in [3.63, 3.8) is 0 Å². The van der Waals surface area contributed by atoms with Crippen LogP contribution in [-0.2, 0) is 6.54 Å². The minimum Gasteiger partial charge on any atom is -0.309 e. The number of aromatic nitrogens is 1. The topological polar surface area (TPSA) is 28.2 Å². The molecule has 0 bridgehead atoms. The van der Waals surface area contributed by atoms with Crippen LogP contribution in [-0.4, -0.2) is 35.1 Å². The first-order chi connectivity index (χ1) is 9.90. The summed E-state index contributed by atoms with van der Waals surface area (Å²) in [5.41, 5.74) is 2.46. The highest BCUT2D eigenvalue weighted by Crippen LogP contribution is 2.29. The minimum absolute atomic E-state index is 0.655. The van der Waals surface area contributed by atoms with Crippen molar-refractivity contribution < 1.29 is 0 Å². The van der Waals surface area contributed by atoms with Gasteiger partial charge in [0.2, 0.25) is 0 Å². The number of rotatable bonds is 4. The van der Waals surface area contributed by atoms with E-state index in [-0.39, 0.29) is 0 Å². The zero-order valence-corrected chi connectivity index (χ0v) is 11.8. The zero-order valence-electron chi connectivity index (χ0n) is 11.8. The van der Waals surface area contributed by atoms with Gasteiger partial charge in [0.25, 0.3) is 0 Å². The smallest absolute Gasteiger partial charge is 0.0705 e. The normalized spacial score (nSPS) is 23.5. The average Bonchev–Trinajstić information content (AvgIpc) is 3.24. The van der Waals surface area contributed by atoms with E-state index in [1.165, 1.54) is 43.3 Å². The number of para-hydroxylation sites is 1. The number of pyridine rings is 1. The van der Waals surface area contributed by atoms with Crippen LogP contribution in [0.5, 0.6) is 0 Å². The largest absolute Gasteiger partial charge is 0.309 e. The Kier molecular flexibility index (Phi) is 3.17. The Labute approximate surface area is 120 Å². The highest BCUT2D eigenvalue weighted by atomic mass is 15.2. The lowest BCUT2D eigenvalue weighted by Crippen LogP contribution is -2.32. The molecule has 4 rings (SSSR count). The minimum atomic E-state index is 0.655. The summed E-state index contributed by atoms with van der Waals surface area (Å²) in [5, 5.41) is 5.01. The van der Waals surface area contributed by atoms with E-state index in [0.717, 1.165) is 18.1 Å². The second-order valence-corrected chi connectivity index (χ2v) is 6.08. The number of nitrogens with one attached hydrogen (secondary N) is 1. The van der Waals surface area contributed by atoms with Gasteiger partial charge < -0.3 is 5.32 Å². The van der Waals surface area contributed by atoms with Crippen molar-refractivity contribution in [2.45, 2.75) is 37.9 Å². The van der Waals surface area contributed by atoms with Gasteiger partial charge in [0.1, 0.15) is 0 Å². The van der Waals surface area contributed by atoms with E-state index in [2.05, 4.69) is 45.5 Å². The van der Waals surface area contributed by atoms with Crippen molar-refractivity contribution >= 4 is 10.9 Å². The Morgan fingerprint density at radius 1 is 1.15 bits per heavy atom. The van der Waals surface area contributed by atoms with E-state index < -0.39 is 0 Å². The molecule has 2 aromatic rings.